The van der Waals surface area contributed by atoms with Crippen LogP contribution in [0, 0.1) is 5.92 Å². The molecule has 1 aromatic carbocycles. The van der Waals surface area contributed by atoms with Crippen molar-refractivity contribution in [2.24, 2.45) is 11.7 Å². The van der Waals surface area contributed by atoms with Gasteiger partial charge in [-0.1, -0.05) is 13.8 Å². The predicted octanol–water partition coefficient (Wildman–Crippen LogP) is 0.917. The number of sulfonamides is 1. The Labute approximate surface area is 165 Å². The molecule has 1 aromatic rings. The van der Waals surface area contributed by atoms with E-state index in [2.05, 4.69) is 15.4 Å². The molecule has 0 bridgehead atoms. The van der Waals surface area contributed by atoms with Gasteiger partial charge < -0.3 is 21.1 Å². The molecule has 1 rings (SSSR count). The fourth-order valence-electron chi connectivity index (χ4n) is 1.89. The van der Waals surface area contributed by atoms with Crippen LogP contribution in [0.25, 0.3) is 0 Å². The second-order valence-corrected chi connectivity index (χ2v) is 7.97. The van der Waals surface area contributed by atoms with Crippen molar-refractivity contribution in [2.45, 2.75) is 26.8 Å². The minimum absolute atomic E-state index is 0. The summed E-state index contributed by atoms with van der Waals surface area (Å²) in [6, 6.07) is 3.80. The van der Waals surface area contributed by atoms with Crippen LogP contribution >= 0.6 is 12.4 Å². The summed E-state index contributed by atoms with van der Waals surface area (Å²) in [6.45, 7) is 4.91. The lowest BCUT2D eigenvalue weighted by atomic mass is 10.1. The first-order chi connectivity index (χ1) is 12.1. The van der Waals surface area contributed by atoms with Crippen LogP contribution in [0.2, 0.25) is 0 Å². The smallest absolute Gasteiger partial charge is 0.243 e. The topological polar surface area (TPSA) is 140 Å². The van der Waals surface area contributed by atoms with E-state index in [4.69, 9.17) is 10.5 Å². The number of rotatable bonds is 9. The third-order valence-corrected chi connectivity index (χ3v) is 4.87. The van der Waals surface area contributed by atoms with Gasteiger partial charge in [-0.05, 0) is 25.0 Å². The number of benzene rings is 1. The van der Waals surface area contributed by atoms with Gasteiger partial charge in [-0.2, -0.15) is 0 Å². The van der Waals surface area contributed by atoms with Crippen molar-refractivity contribution in [1.82, 2.24) is 5.32 Å². The average Bonchev–Trinajstić information content (AvgIpc) is 2.59. The zero-order chi connectivity index (χ0) is 19.9. The monoisotopic (exact) mass is 422 g/mol. The van der Waals surface area contributed by atoms with Gasteiger partial charge in [-0.3, -0.25) is 14.3 Å². The average molecular weight is 423 g/mol. The first kappa shape index (κ1) is 25.0. The first-order valence-corrected chi connectivity index (χ1v) is 9.76. The van der Waals surface area contributed by atoms with E-state index in [0.717, 1.165) is 0 Å². The normalized spacial score (nSPS) is 11.9. The minimum atomic E-state index is -3.45. The van der Waals surface area contributed by atoms with Crippen LogP contribution in [-0.4, -0.2) is 45.7 Å². The summed E-state index contributed by atoms with van der Waals surface area (Å²) in [5.74, 6) is -0.713. The molecule has 0 heterocycles. The van der Waals surface area contributed by atoms with E-state index in [1.54, 1.807) is 0 Å². The zero-order valence-electron chi connectivity index (χ0n) is 15.7. The lowest BCUT2D eigenvalue weighted by Crippen LogP contribution is -2.46. The Bertz CT molecular complexity index is 755. The van der Waals surface area contributed by atoms with Gasteiger partial charge in [0.05, 0.1) is 31.1 Å². The second-order valence-electron chi connectivity index (χ2n) is 5.96. The van der Waals surface area contributed by atoms with E-state index >= 15 is 0 Å². The van der Waals surface area contributed by atoms with Gasteiger partial charge >= 0.3 is 0 Å². The Kier molecular flexibility index (Phi) is 10.1. The maximum Gasteiger partial charge on any atom is 0.243 e. The highest BCUT2D eigenvalue weighted by molar-refractivity contribution is 7.92. The van der Waals surface area contributed by atoms with Gasteiger partial charge in [-0.25, -0.2) is 8.42 Å². The van der Waals surface area contributed by atoms with Crippen molar-refractivity contribution in [1.29, 1.82) is 0 Å². The molecule has 0 aliphatic carbocycles. The quantitative estimate of drug-likeness (QED) is 0.466. The summed E-state index contributed by atoms with van der Waals surface area (Å²) in [4.78, 5) is 23.7. The van der Waals surface area contributed by atoms with Crippen molar-refractivity contribution in [3.63, 3.8) is 0 Å². The van der Waals surface area contributed by atoms with Crippen LogP contribution in [0.3, 0.4) is 0 Å². The van der Waals surface area contributed by atoms with Gasteiger partial charge in [0.25, 0.3) is 0 Å². The fraction of sp³-hybridized carbons (Fsp3) is 0.500. The summed E-state index contributed by atoms with van der Waals surface area (Å²) in [7, 11) is -2.06. The first-order valence-electron chi connectivity index (χ1n) is 8.11. The fourth-order valence-corrected chi connectivity index (χ4v) is 2.53. The van der Waals surface area contributed by atoms with Crippen LogP contribution in [0.1, 0.15) is 20.8 Å². The SMILES string of the molecule is CCS(=O)(=O)Nc1ccc(NC(=O)CNC(=O)[C@@H](N)C(C)C)cc1OC.Cl. The van der Waals surface area contributed by atoms with Gasteiger partial charge in [-0.15, -0.1) is 12.4 Å². The van der Waals surface area contributed by atoms with Crippen molar-refractivity contribution >= 4 is 45.6 Å². The number of hydrogen-bond acceptors (Lipinski definition) is 6. The molecule has 0 aromatic heterocycles. The second kappa shape index (κ2) is 11.0. The summed E-state index contributed by atoms with van der Waals surface area (Å²) in [5.41, 5.74) is 6.36. The highest BCUT2D eigenvalue weighted by Crippen LogP contribution is 2.28. The highest BCUT2D eigenvalue weighted by Gasteiger charge is 2.18. The minimum Gasteiger partial charge on any atom is -0.494 e. The molecule has 5 N–H and O–H groups in total. The molecule has 0 saturated carbocycles. The third kappa shape index (κ3) is 8.02. The maximum atomic E-state index is 12.0. The van der Waals surface area contributed by atoms with Gasteiger partial charge in [0.1, 0.15) is 5.75 Å². The molecule has 2 amide bonds. The molecule has 1 atom stereocenters. The lowest BCUT2D eigenvalue weighted by molar-refractivity contribution is -0.125. The molecule has 0 unspecified atom stereocenters. The van der Waals surface area contributed by atoms with Crippen LogP contribution in [0.5, 0.6) is 5.75 Å². The number of amides is 2. The molecular formula is C16H27ClN4O5S. The standard InChI is InChI=1S/C16H26N4O5S.ClH/c1-5-26(23,24)20-12-7-6-11(8-13(12)25-4)19-14(21)9-18-16(22)15(17)10(2)3;/h6-8,10,15,20H,5,9,17H2,1-4H3,(H,18,22)(H,19,21);1H/t15-;/m0./s1. The Morgan fingerprint density at radius 1 is 1.26 bits per heavy atom. The Balaban J connectivity index is 0.00000676. The number of carbonyl (C=O) groups is 2. The van der Waals surface area contributed by atoms with E-state index in [1.165, 1.54) is 32.2 Å². The van der Waals surface area contributed by atoms with Gasteiger partial charge in [0.15, 0.2) is 0 Å². The van der Waals surface area contributed by atoms with Crippen LogP contribution in [0.15, 0.2) is 18.2 Å². The van der Waals surface area contributed by atoms with Crippen molar-refractivity contribution < 1.29 is 22.7 Å². The van der Waals surface area contributed by atoms with Crippen LogP contribution in [-0.2, 0) is 19.6 Å². The van der Waals surface area contributed by atoms with Crippen LogP contribution in [0.4, 0.5) is 11.4 Å². The molecule has 0 spiro atoms. The van der Waals surface area contributed by atoms with Crippen LogP contribution < -0.4 is 25.8 Å². The number of carbonyl (C=O) groups excluding carboxylic acids is 2. The Morgan fingerprint density at radius 3 is 2.41 bits per heavy atom. The molecule has 0 saturated heterocycles. The van der Waals surface area contributed by atoms with Gasteiger partial charge in [0.2, 0.25) is 21.8 Å². The Morgan fingerprint density at radius 2 is 1.89 bits per heavy atom. The zero-order valence-corrected chi connectivity index (χ0v) is 17.4. The molecule has 11 heteroatoms. The van der Waals surface area contributed by atoms with E-state index in [-0.39, 0.29) is 42.1 Å². The number of anilines is 2. The summed E-state index contributed by atoms with van der Waals surface area (Å²) >= 11 is 0. The Hall–Kier alpha value is -2.04. The predicted molar refractivity (Wildman–Crippen MR) is 108 cm³/mol. The van der Waals surface area contributed by atoms with Crippen molar-refractivity contribution in [3.05, 3.63) is 18.2 Å². The largest absolute Gasteiger partial charge is 0.494 e. The molecule has 0 radical (unpaired) electrons. The number of ether oxygens (including phenoxy) is 1. The lowest BCUT2D eigenvalue weighted by Gasteiger charge is -2.15. The molecule has 154 valence electrons. The molecule has 0 aliphatic heterocycles. The summed E-state index contributed by atoms with van der Waals surface area (Å²) < 4.78 is 30.9. The maximum absolute atomic E-state index is 12.0. The molecule has 0 aliphatic rings. The third-order valence-electron chi connectivity index (χ3n) is 3.57. The number of nitrogens with two attached hydrogens (primary N) is 1. The molecule has 0 fully saturated rings. The number of halogens is 1. The van der Waals surface area contributed by atoms with E-state index < -0.39 is 27.9 Å². The van der Waals surface area contributed by atoms with E-state index in [0.29, 0.717) is 5.69 Å². The van der Waals surface area contributed by atoms with Gasteiger partial charge in [0, 0.05) is 11.8 Å². The molecule has 27 heavy (non-hydrogen) atoms. The molecule has 9 nitrogen and oxygen atoms in total. The van der Waals surface area contributed by atoms with Crippen molar-refractivity contribution in [2.75, 3.05) is 29.4 Å². The summed E-state index contributed by atoms with van der Waals surface area (Å²) in [5, 5.41) is 5.06. The van der Waals surface area contributed by atoms with E-state index in [1.807, 2.05) is 13.8 Å². The highest BCUT2D eigenvalue weighted by atomic mass is 35.5. The number of nitrogens with one attached hydrogen (secondary N) is 3. The number of hydrogen-bond donors (Lipinski definition) is 4. The molecular weight excluding hydrogens is 396 g/mol. The summed E-state index contributed by atoms with van der Waals surface area (Å²) in [6.07, 6.45) is 0. The van der Waals surface area contributed by atoms with Crippen molar-refractivity contribution in [3.8, 4) is 5.75 Å². The number of methoxy groups -OCH3 is 1. The van der Waals surface area contributed by atoms with E-state index in [9.17, 15) is 18.0 Å².